The molecule has 0 saturated carbocycles. The van der Waals surface area contributed by atoms with E-state index in [0.717, 1.165) is 11.1 Å². The van der Waals surface area contributed by atoms with Gasteiger partial charge >= 0.3 is 0 Å². The number of aryl methyl sites for hydroxylation is 1. The summed E-state index contributed by atoms with van der Waals surface area (Å²) in [6, 6.07) is 3.81. The fourth-order valence-electron chi connectivity index (χ4n) is 1.63. The topological polar surface area (TPSA) is 68.5 Å². The van der Waals surface area contributed by atoms with Crippen molar-refractivity contribution in [3.63, 3.8) is 0 Å². The highest BCUT2D eigenvalue weighted by Gasteiger charge is 2.20. The molecule has 0 aromatic heterocycles. The number of nitrogens with one attached hydrogen (secondary N) is 2. The highest BCUT2D eigenvalue weighted by atomic mass is 16.3. The van der Waals surface area contributed by atoms with Crippen molar-refractivity contribution >= 4 is 17.6 Å². The fraction of sp³-hybridized carbons (Fsp3) is 0.429. The maximum atomic E-state index is 10.2. The summed E-state index contributed by atoms with van der Waals surface area (Å²) in [4.78, 5) is 0. The number of anilines is 1. The molecule has 0 saturated heterocycles. The molecule has 0 aliphatic carbocycles. The van der Waals surface area contributed by atoms with Crippen LogP contribution in [0.4, 0.5) is 5.69 Å². The lowest BCUT2D eigenvalue weighted by Crippen LogP contribution is -2.12. The minimum absolute atomic E-state index is 0.131. The summed E-state index contributed by atoms with van der Waals surface area (Å²) < 4.78 is 0. The predicted molar refractivity (Wildman–Crippen MR) is 77.1 cm³/mol. The normalized spacial score (nSPS) is 11.8. The average Bonchev–Trinajstić information content (AvgIpc) is 2.20. The smallest absolute Gasteiger partial charge is 0.144 e. The van der Waals surface area contributed by atoms with Crippen LogP contribution in [0.15, 0.2) is 17.2 Å². The molecule has 0 aliphatic heterocycles. The number of benzene rings is 1. The van der Waals surface area contributed by atoms with E-state index < -0.39 is 0 Å². The average molecular weight is 247 g/mol. The third kappa shape index (κ3) is 3.58. The monoisotopic (exact) mass is 247 g/mol. The summed E-state index contributed by atoms with van der Waals surface area (Å²) in [5.74, 6) is 0.216. The summed E-state index contributed by atoms with van der Waals surface area (Å²) in [7, 11) is 0. The Morgan fingerprint density at radius 3 is 2.50 bits per heavy atom. The van der Waals surface area contributed by atoms with Crippen molar-refractivity contribution in [1.82, 2.24) is 0 Å². The van der Waals surface area contributed by atoms with Gasteiger partial charge in [0, 0.05) is 11.3 Å². The minimum atomic E-state index is -0.131. The van der Waals surface area contributed by atoms with Gasteiger partial charge in [-0.15, -0.1) is 0 Å². The van der Waals surface area contributed by atoms with Crippen molar-refractivity contribution in [2.24, 2.45) is 5.10 Å². The first-order valence-electron chi connectivity index (χ1n) is 5.90. The van der Waals surface area contributed by atoms with Gasteiger partial charge in [-0.1, -0.05) is 26.8 Å². The Balaban J connectivity index is 3.14. The molecule has 0 atom stereocenters. The van der Waals surface area contributed by atoms with E-state index in [1.165, 1.54) is 6.21 Å². The van der Waals surface area contributed by atoms with Gasteiger partial charge in [-0.2, -0.15) is 5.10 Å². The van der Waals surface area contributed by atoms with Gasteiger partial charge in [0.05, 0.1) is 11.9 Å². The molecule has 4 heteroatoms. The van der Waals surface area contributed by atoms with Crippen LogP contribution >= 0.6 is 0 Å². The van der Waals surface area contributed by atoms with Crippen LogP contribution in [0.5, 0.6) is 5.75 Å². The summed E-state index contributed by atoms with van der Waals surface area (Å²) in [6.07, 6.45) is 1.40. The predicted octanol–water partition coefficient (Wildman–Crippen LogP) is 3.44. The Morgan fingerprint density at radius 1 is 1.39 bits per heavy atom. The first-order valence-corrected chi connectivity index (χ1v) is 5.90. The van der Waals surface area contributed by atoms with Gasteiger partial charge in [0.25, 0.3) is 0 Å². The van der Waals surface area contributed by atoms with Crippen LogP contribution < -0.4 is 5.43 Å². The molecule has 0 fully saturated rings. The molecule has 0 unspecified atom stereocenters. The number of hydrogen-bond donors (Lipinski definition) is 3. The molecule has 0 spiro atoms. The second-order valence-electron chi connectivity index (χ2n) is 5.51. The fourth-order valence-corrected chi connectivity index (χ4v) is 1.63. The van der Waals surface area contributed by atoms with Crippen LogP contribution in [0, 0.1) is 12.3 Å². The van der Waals surface area contributed by atoms with E-state index in [0.29, 0.717) is 11.4 Å². The highest BCUT2D eigenvalue weighted by Crippen LogP contribution is 2.37. The number of rotatable bonds is 3. The number of phenols is 1. The van der Waals surface area contributed by atoms with Gasteiger partial charge in [-0.25, -0.2) is 0 Å². The van der Waals surface area contributed by atoms with Gasteiger partial charge in [-0.3, -0.25) is 5.43 Å². The van der Waals surface area contributed by atoms with Crippen LogP contribution in [0.1, 0.15) is 38.8 Å². The molecule has 0 aliphatic rings. The van der Waals surface area contributed by atoms with E-state index in [4.69, 9.17) is 5.41 Å². The molecule has 0 radical (unpaired) electrons. The van der Waals surface area contributed by atoms with Gasteiger partial charge in [-0.05, 0) is 30.9 Å². The van der Waals surface area contributed by atoms with Gasteiger partial charge in [0.2, 0.25) is 0 Å². The summed E-state index contributed by atoms with van der Waals surface area (Å²) >= 11 is 0. The third-order valence-corrected chi connectivity index (χ3v) is 2.51. The van der Waals surface area contributed by atoms with Crippen molar-refractivity contribution in [2.45, 2.75) is 40.0 Å². The van der Waals surface area contributed by atoms with Crippen LogP contribution in [-0.4, -0.2) is 17.0 Å². The SMILES string of the molecule is CC(=N)/C=N\Nc1cc(C)cc(C(C)(C)C)c1O. The van der Waals surface area contributed by atoms with Crippen molar-refractivity contribution in [3.05, 3.63) is 23.3 Å². The molecule has 0 bridgehead atoms. The summed E-state index contributed by atoms with van der Waals surface area (Å²) in [6.45, 7) is 9.77. The molecule has 1 aromatic rings. The van der Waals surface area contributed by atoms with Crippen molar-refractivity contribution < 1.29 is 5.11 Å². The number of hydrazone groups is 1. The van der Waals surface area contributed by atoms with E-state index in [1.807, 2.05) is 19.1 Å². The number of phenolic OH excluding ortho intramolecular Hbond substituents is 1. The van der Waals surface area contributed by atoms with Gasteiger partial charge in [0.15, 0.2) is 0 Å². The molecule has 18 heavy (non-hydrogen) atoms. The van der Waals surface area contributed by atoms with E-state index in [-0.39, 0.29) is 11.2 Å². The first kappa shape index (κ1) is 14.2. The zero-order valence-electron chi connectivity index (χ0n) is 11.6. The van der Waals surface area contributed by atoms with Crippen LogP contribution in [0.3, 0.4) is 0 Å². The Hall–Kier alpha value is -1.84. The second kappa shape index (κ2) is 5.21. The molecule has 0 heterocycles. The lowest BCUT2D eigenvalue weighted by molar-refractivity contribution is 0.448. The molecule has 98 valence electrons. The van der Waals surface area contributed by atoms with E-state index in [2.05, 4.69) is 31.3 Å². The number of nitrogens with zero attached hydrogens (tertiary/aromatic N) is 1. The summed E-state index contributed by atoms with van der Waals surface area (Å²) in [5.41, 5.74) is 5.50. The van der Waals surface area contributed by atoms with Crippen molar-refractivity contribution in [1.29, 1.82) is 5.41 Å². The lowest BCUT2D eigenvalue weighted by Gasteiger charge is -2.22. The Labute approximate surface area is 108 Å². The van der Waals surface area contributed by atoms with Crippen LogP contribution in [-0.2, 0) is 5.41 Å². The lowest BCUT2D eigenvalue weighted by atomic mass is 9.85. The molecule has 1 rings (SSSR count). The largest absolute Gasteiger partial charge is 0.505 e. The molecule has 0 amide bonds. The molecular weight excluding hydrogens is 226 g/mol. The minimum Gasteiger partial charge on any atom is -0.505 e. The number of aromatic hydroxyl groups is 1. The molecular formula is C14H21N3O. The standard InChI is InChI=1S/C14H21N3O/c1-9-6-11(14(3,4)5)13(18)12(7-9)17-16-8-10(2)15/h6-8,15,17-18H,1-5H3/b15-10?,16-8-. The first-order chi connectivity index (χ1) is 8.21. The molecule has 3 N–H and O–H groups in total. The van der Waals surface area contributed by atoms with E-state index >= 15 is 0 Å². The van der Waals surface area contributed by atoms with E-state index in [1.54, 1.807) is 6.92 Å². The van der Waals surface area contributed by atoms with Crippen LogP contribution in [0.25, 0.3) is 0 Å². The number of hydrogen-bond acceptors (Lipinski definition) is 4. The van der Waals surface area contributed by atoms with Crippen molar-refractivity contribution in [3.8, 4) is 5.75 Å². The zero-order valence-corrected chi connectivity index (χ0v) is 11.6. The highest BCUT2D eigenvalue weighted by molar-refractivity contribution is 6.27. The van der Waals surface area contributed by atoms with Gasteiger partial charge < -0.3 is 10.5 Å². The van der Waals surface area contributed by atoms with Gasteiger partial charge in [0.1, 0.15) is 5.75 Å². The molecule has 1 aromatic carbocycles. The van der Waals surface area contributed by atoms with Crippen LogP contribution in [0.2, 0.25) is 0 Å². The quantitative estimate of drug-likeness (QED) is 0.435. The van der Waals surface area contributed by atoms with Crippen molar-refractivity contribution in [2.75, 3.05) is 5.43 Å². The Morgan fingerprint density at radius 2 is 2.00 bits per heavy atom. The third-order valence-electron chi connectivity index (χ3n) is 2.51. The maximum absolute atomic E-state index is 10.2. The maximum Gasteiger partial charge on any atom is 0.144 e. The Kier molecular flexibility index (Phi) is 4.11. The second-order valence-corrected chi connectivity index (χ2v) is 5.51. The van der Waals surface area contributed by atoms with E-state index in [9.17, 15) is 5.11 Å². The Bertz CT molecular complexity index is 485. The molecule has 4 nitrogen and oxygen atoms in total. The summed E-state index contributed by atoms with van der Waals surface area (Å²) in [5, 5.41) is 21.4. The zero-order chi connectivity index (χ0) is 13.9.